The summed E-state index contributed by atoms with van der Waals surface area (Å²) in [5, 5.41) is 1.00. The van der Waals surface area contributed by atoms with Gasteiger partial charge in [-0.25, -0.2) is 0 Å². The largest absolute Gasteiger partial charge is 0.274 e. The van der Waals surface area contributed by atoms with Crippen molar-refractivity contribution in [2.24, 2.45) is 35.5 Å². The molecule has 2 bridgehead atoms. The third-order valence-electron chi connectivity index (χ3n) is 7.18. The van der Waals surface area contributed by atoms with Crippen LogP contribution in [-0.2, 0) is 19.2 Å². The number of amides is 4. The number of hydrogen-bond acceptors (Lipinski definition) is 4. The zero-order valence-electron chi connectivity index (χ0n) is 16.5. The Morgan fingerprint density at radius 2 is 0.781 bits per heavy atom. The van der Waals surface area contributed by atoms with Crippen molar-refractivity contribution >= 4 is 58.2 Å². The van der Waals surface area contributed by atoms with Crippen molar-refractivity contribution < 1.29 is 19.2 Å². The summed E-state index contributed by atoms with van der Waals surface area (Å²) < 4.78 is 0. The van der Waals surface area contributed by atoms with Crippen LogP contribution in [0.5, 0.6) is 0 Å². The number of carbonyl (C=O) groups is 4. The molecule has 0 spiro atoms. The normalized spacial score (nSPS) is 32.7. The first kappa shape index (κ1) is 19.7. The standard InChI is InChI=1S/C24H16Cl2N2O4/c25-11-1-5-13(6-2-11)27-21(29)17-15-9-10-16(18(17)22(27)30)20-19(15)23(31)28(24(20)32)14-7-3-12(26)4-8-14/h1-10,15-20H. The summed E-state index contributed by atoms with van der Waals surface area (Å²) in [6.07, 6.45) is 3.69. The molecule has 6 nitrogen and oxygen atoms in total. The highest BCUT2D eigenvalue weighted by molar-refractivity contribution is 6.31. The predicted molar refractivity (Wildman–Crippen MR) is 118 cm³/mol. The molecule has 4 amide bonds. The molecule has 0 radical (unpaired) electrons. The molecule has 8 heteroatoms. The van der Waals surface area contributed by atoms with Crippen LogP contribution in [0.25, 0.3) is 0 Å². The fraction of sp³-hybridized carbons (Fsp3) is 0.250. The van der Waals surface area contributed by atoms with Gasteiger partial charge in [-0.1, -0.05) is 35.4 Å². The third kappa shape index (κ3) is 2.48. The van der Waals surface area contributed by atoms with E-state index < -0.39 is 35.5 Å². The van der Waals surface area contributed by atoms with Crippen molar-refractivity contribution in [2.45, 2.75) is 0 Å². The van der Waals surface area contributed by atoms with E-state index in [1.165, 1.54) is 9.80 Å². The number of carbonyl (C=O) groups excluding carboxylic acids is 4. The Morgan fingerprint density at radius 1 is 0.500 bits per heavy atom. The summed E-state index contributed by atoms with van der Waals surface area (Å²) in [5.41, 5.74) is 0.896. The van der Waals surface area contributed by atoms with Gasteiger partial charge in [0.15, 0.2) is 0 Å². The van der Waals surface area contributed by atoms with Crippen LogP contribution in [0.2, 0.25) is 10.0 Å². The van der Waals surface area contributed by atoms with Crippen LogP contribution < -0.4 is 9.80 Å². The number of nitrogens with zero attached hydrogens (tertiary/aromatic N) is 2. The highest BCUT2D eigenvalue weighted by atomic mass is 35.5. The van der Waals surface area contributed by atoms with E-state index in [0.29, 0.717) is 21.4 Å². The molecule has 2 aromatic rings. The lowest BCUT2D eigenvalue weighted by molar-refractivity contribution is -0.137. The maximum absolute atomic E-state index is 13.4. The number of rotatable bonds is 2. The second kappa shape index (κ2) is 6.77. The molecule has 2 aromatic carbocycles. The summed E-state index contributed by atoms with van der Waals surface area (Å²) in [4.78, 5) is 56.0. The number of halogens is 2. The van der Waals surface area contributed by atoms with Gasteiger partial charge in [0.05, 0.1) is 35.0 Å². The van der Waals surface area contributed by atoms with E-state index in [1.54, 1.807) is 48.5 Å². The Balaban J connectivity index is 1.39. The van der Waals surface area contributed by atoms with E-state index in [2.05, 4.69) is 0 Å². The first-order chi connectivity index (χ1) is 15.4. The average Bonchev–Trinajstić information content (AvgIpc) is 3.23. The van der Waals surface area contributed by atoms with E-state index in [4.69, 9.17) is 23.2 Å². The van der Waals surface area contributed by atoms with E-state index in [9.17, 15) is 19.2 Å². The molecule has 160 valence electrons. The molecule has 4 unspecified atom stereocenters. The summed E-state index contributed by atoms with van der Waals surface area (Å²) in [6, 6.07) is 13.0. The number of imide groups is 2. The molecule has 0 aromatic heterocycles. The van der Waals surface area contributed by atoms with Crippen molar-refractivity contribution in [3.05, 3.63) is 70.7 Å². The van der Waals surface area contributed by atoms with Crippen LogP contribution in [0.4, 0.5) is 11.4 Å². The van der Waals surface area contributed by atoms with Crippen LogP contribution in [-0.4, -0.2) is 23.6 Å². The van der Waals surface area contributed by atoms with E-state index in [0.717, 1.165) is 0 Å². The fourth-order valence-electron chi connectivity index (χ4n) is 5.92. The smallest absolute Gasteiger partial charge is 0.238 e. The van der Waals surface area contributed by atoms with Crippen LogP contribution >= 0.6 is 23.2 Å². The molecule has 0 N–H and O–H groups in total. The molecule has 2 saturated heterocycles. The van der Waals surface area contributed by atoms with Gasteiger partial charge in [-0.05, 0) is 48.5 Å². The molecular weight excluding hydrogens is 451 g/mol. The average molecular weight is 467 g/mol. The van der Waals surface area contributed by atoms with Gasteiger partial charge in [0.25, 0.3) is 0 Å². The van der Waals surface area contributed by atoms with Gasteiger partial charge in [0.1, 0.15) is 0 Å². The highest BCUT2D eigenvalue weighted by Gasteiger charge is 2.68. The lowest BCUT2D eigenvalue weighted by Crippen LogP contribution is -2.50. The van der Waals surface area contributed by atoms with E-state index in [1.807, 2.05) is 12.2 Å². The van der Waals surface area contributed by atoms with Gasteiger partial charge in [0.2, 0.25) is 23.6 Å². The summed E-state index contributed by atoms with van der Waals surface area (Å²) in [7, 11) is 0. The molecule has 3 aliphatic carbocycles. The molecular formula is C24H16Cl2N2O4. The topological polar surface area (TPSA) is 74.8 Å². The Morgan fingerprint density at radius 3 is 1.06 bits per heavy atom. The second-order valence-electron chi connectivity index (χ2n) is 8.62. The fourth-order valence-corrected chi connectivity index (χ4v) is 6.17. The zero-order valence-corrected chi connectivity index (χ0v) is 18.0. The minimum Gasteiger partial charge on any atom is -0.274 e. The van der Waals surface area contributed by atoms with Crippen LogP contribution in [0.3, 0.4) is 0 Å². The van der Waals surface area contributed by atoms with Crippen molar-refractivity contribution in [3.63, 3.8) is 0 Å². The molecule has 5 aliphatic rings. The van der Waals surface area contributed by atoms with E-state index in [-0.39, 0.29) is 23.6 Å². The highest BCUT2D eigenvalue weighted by Crippen LogP contribution is 2.58. The summed E-state index contributed by atoms with van der Waals surface area (Å²) >= 11 is 11.9. The SMILES string of the molecule is O=C1C2C3C=CC(C2C(=O)N1c1ccc(Cl)cc1)C1C(=O)N(c2ccc(Cl)cc2)C(=O)C31. The summed E-state index contributed by atoms with van der Waals surface area (Å²) in [5.74, 6) is -4.94. The van der Waals surface area contributed by atoms with Crippen molar-refractivity contribution in [3.8, 4) is 0 Å². The minimum atomic E-state index is -0.656. The van der Waals surface area contributed by atoms with Gasteiger partial charge in [-0.3, -0.25) is 29.0 Å². The van der Waals surface area contributed by atoms with E-state index >= 15 is 0 Å². The Bertz CT molecular complexity index is 1080. The lowest BCUT2D eigenvalue weighted by Gasteiger charge is -2.44. The second-order valence-corrected chi connectivity index (χ2v) is 9.49. The van der Waals surface area contributed by atoms with Gasteiger partial charge in [-0.2, -0.15) is 0 Å². The molecule has 1 saturated carbocycles. The molecule has 3 fully saturated rings. The Kier molecular flexibility index (Phi) is 4.17. The van der Waals surface area contributed by atoms with Crippen LogP contribution in [0.1, 0.15) is 0 Å². The molecule has 2 aliphatic heterocycles. The van der Waals surface area contributed by atoms with Gasteiger partial charge < -0.3 is 0 Å². The number of anilines is 2. The molecule has 7 rings (SSSR count). The molecule has 4 atom stereocenters. The summed E-state index contributed by atoms with van der Waals surface area (Å²) in [6.45, 7) is 0. The van der Waals surface area contributed by atoms with Crippen molar-refractivity contribution in [1.29, 1.82) is 0 Å². The predicted octanol–water partition coefficient (Wildman–Crippen LogP) is 3.72. The number of benzene rings is 2. The number of allylic oxidation sites excluding steroid dienone is 2. The van der Waals surface area contributed by atoms with Crippen LogP contribution in [0, 0.1) is 35.5 Å². The van der Waals surface area contributed by atoms with Gasteiger partial charge in [-0.15, -0.1) is 0 Å². The Hall–Kier alpha value is -2.96. The Labute approximate surface area is 193 Å². The maximum atomic E-state index is 13.4. The molecule has 2 heterocycles. The third-order valence-corrected chi connectivity index (χ3v) is 7.68. The van der Waals surface area contributed by atoms with Gasteiger partial charge in [0, 0.05) is 21.9 Å². The minimum absolute atomic E-state index is 0.328. The van der Waals surface area contributed by atoms with Crippen molar-refractivity contribution in [1.82, 2.24) is 0 Å². The zero-order chi connectivity index (χ0) is 22.3. The quantitative estimate of drug-likeness (QED) is 0.499. The first-order valence-electron chi connectivity index (χ1n) is 10.3. The molecule has 32 heavy (non-hydrogen) atoms. The monoisotopic (exact) mass is 466 g/mol. The first-order valence-corrected chi connectivity index (χ1v) is 11.1. The van der Waals surface area contributed by atoms with Crippen LogP contribution in [0.15, 0.2) is 60.7 Å². The van der Waals surface area contributed by atoms with Gasteiger partial charge >= 0.3 is 0 Å². The lowest BCUT2D eigenvalue weighted by atomic mass is 9.54. The van der Waals surface area contributed by atoms with Crippen molar-refractivity contribution in [2.75, 3.05) is 9.80 Å². The number of hydrogen-bond donors (Lipinski definition) is 0. The maximum Gasteiger partial charge on any atom is 0.238 e.